The largest absolute Gasteiger partial charge is 0.268 e. The van der Waals surface area contributed by atoms with Gasteiger partial charge in [0, 0.05) is 13.1 Å². The van der Waals surface area contributed by atoms with Crippen LogP contribution in [0.1, 0.15) is 12.1 Å². The molecule has 1 N–H and O–H groups in total. The first-order valence-corrected chi connectivity index (χ1v) is 9.30. The molecule has 0 bridgehead atoms. The van der Waals surface area contributed by atoms with Gasteiger partial charge in [-0.05, 0) is 41.4 Å². The summed E-state index contributed by atoms with van der Waals surface area (Å²) < 4.78 is 29.4. The van der Waals surface area contributed by atoms with Gasteiger partial charge in [0.1, 0.15) is 4.21 Å². The predicted molar refractivity (Wildman–Crippen MR) is 83.8 cm³/mol. The fourth-order valence-electron chi connectivity index (χ4n) is 1.60. The first kappa shape index (κ1) is 16.0. The van der Waals surface area contributed by atoms with Crippen molar-refractivity contribution in [1.29, 1.82) is 0 Å². The Bertz CT molecular complexity index is 696. The van der Waals surface area contributed by atoms with Crippen molar-refractivity contribution >= 4 is 48.9 Å². The summed E-state index contributed by atoms with van der Waals surface area (Å²) >= 11 is 10.3. The molecule has 2 aromatic heterocycles. The number of rotatable bonds is 6. The highest BCUT2D eigenvalue weighted by molar-refractivity contribution is 9.11. The maximum atomic E-state index is 12.0. The van der Waals surface area contributed by atoms with E-state index < -0.39 is 10.0 Å². The second kappa shape index (κ2) is 6.57. The molecule has 2 heterocycles. The maximum Gasteiger partial charge on any atom is 0.250 e. The molecule has 5 nitrogen and oxygen atoms in total. The Morgan fingerprint density at radius 3 is 2.80 bits per heavy atom. The fourth-order valence-corrected chi connectivity index (χ4v) is 4.87. The molecular weight excluding hydrogens is 386 g/mol. The van der Waals surface area contributed by atoms with E-state index in [9.17, 15) is 8.42 Å². The van der Waals surface area contributed by atoms with E-state index in [4.69, 9.17) is 11.6 Å². The third-order valence-electron chi connectivity index (χ3n) is 2.70. The van der Waals surface area contributed by atoms with Crippen molar-refractivity contribution in [2.24, 2.45) is 0 Å². The van der Waals surface area contributed by atoms with Crippen LogP contribution in [0.4, 0.5) is 0 Å². The summed E-state index contributed by atoms with van der Waals surface area (Å²) in [6.07, 6.45) is 2.23. The van der Waals surface area contributed by atoms with Crippen LogP contribution in [0.2, 0.25) is 5.02 Å². The van der Waals surface area contributed by atoms with Crippen molar-refractivity contribution in [3.8, 4) is 0 Å². The van der Waals surface area contributed by atoms with Crippen LogP contribution < -0.4 is 4.72 Å². The second-order valence-electron chi connectivity index (χ2n) is 4.11. The van der Waals surface area contributed by atoms with Crippen LogP contribution in [0.25, 0.3) is 0 Å². The van der Waals surface area contributed by atoms with E-state index in [0.29, 0.717) is 28.7 Å². The third-order valence-corrected chi connectivity index (χ3v) is 6.64. The molecule has 0 saturated heterocycles. The van der Waals surface area contributed by atoms with E-state index in [-0.39, 0.29) is 0 Å². The van der Waals surface area contributed by atoms with Crippen molar-refractivity contribution in [2.45, 2.75) is 24.1 Å². The zero-order valence-electron chi connectivity index (χ0n) is 10.6. The smallest absolute Gasteiger partial charge is 0.250 e. The Labute approximate surface area is 135 Å². The van der Waals surface area contributed by atoms with Crippen LogP contribution in [-0.2, 0) is 16.6 Å². The van der Waals surface area contributed by atoms with Crippen molar-refractivity contribution < 1.29 is 8.42 Å². The lowest BCUT2D eigenvalue weighted by Crippen LogP contribution is -2.25. The number of nitrogens with one attached hydrogen (secondary N) is 1. The van der Waals surface area contributed by atoms with Crippen LogP contribution in [0.5, 0.6) is 0 Å². The maximum absolute atomic E-state index is 12.0. The van der Waals surface area contributed by atoms with Gasteiger partial charge in [-0.2, -0.15) is 5.10 Å². The van der Waals surface area contributed by atoms with Gasteiger partial charge in [-0.25, -0.2) is 13.1 Å². The monoisotopic (exact) mass is 397 g/mol. The Morgan fingerprint density at radius 1 is 1.50 bits per heavy atom. The molecule has 0 aromatic carbocycles. The van der Waals surface area contributed by atoms with Crippen LogP contribution in [0.3, 0.4) is 0 Å². The standard InChI is InChI=1S/C11H13BrClN3O2S2/c1-8-9(13)7-14-16(8)6-2-5-15-20(17,18)11-4-3-10(12)19-11/h3-4,7,15H,2,5-6H2,1H3. The lowest BCUT2D eigenvalue weighted by atomic mass is 10.4. The van der Waals surface area contributed by atoms with Gasteiger partial charge < -0.3 is 0 Å². The molecule has 0 amide bonds. The minimum absolute atomic E-state index is 0.308. The lowest BCUT2D eigenvalue weighted by Gasteiger charge is -2.06. The third kappa shape index (κ3) is 3.82. The average molecular weight is 399 g/mol. The molecule has 2 rings (SSSR count). The van der Waals surface area contributed by atoms with Crippen LogP contribution in [0, 0.1) is 6.92 Å². The van der Waals surface area contributed by atoms with Crippen molar-refractivity contribution in [1.82, 2.24) is 14.5 Å². The number of halogens is 2. The molecule has 0 spiro atoms. The highest BCUT2D eigenvalue weighted by atomic mass is 79.9. The summed E-state index contributed by atoms with van der Waals surface area (Å²) in [7, 11) is -3.42. The first-order valence-electron chi connectivity index (χ1n) is 5.83. The summed E-state index contributed by atoms with van der Waals surface area (Å²) in [6.45, 7) is 2.85. The molecular formula is C11H13BrClN3O2S2. The number of aromatic nitrogens is 2. The molecule has 0 atom stereocenters. The van der Waals surface area contributed by atoms with Gasteiger partial charge in [-0.1, -0.05) is 11.6 Å². The number of sulfonamides is 1. The summed E-state index contributed by atoms with van der Waals surface area (Å²) in [4.78, 5) is 0. The molecule has 110 valence electrons. The molecule has 0 unspecified atom stereocenters. The summed E-state index contributed by atoms with van der Waals surface area (Å²) in [6, 6.07) is 3.29. The topological polar surface area (TPSA) is 64.0 Å². The van der Waals surface area contributed by atoms with Crippen molar-refractivity contribution in [2.75, 3.05) is 6.54 Å². The van der Waals surface area contributed by atoms with Gasteiger partial charge in [-0.3, -0.25) is 4.68 Å². The van der Waals surface area contributed by atoms with Gasteiger partial charge in [-0.15, -0.1) is 11.3 Å². The van der Waals surface area contributed by atoms with E-state index in [2.05, 4.69) is 25.8 Å². The number of hydrogen-bond donors (Lipinski definition) is 1. The van der Waals surface area contributed by atoms with Gasteiger partial charge in [0.15, 0.2) is 0 Å². The van der Waals surface area contributed by atoms with Crippen LogP contribution in [0.15, 0.2) is 26.3 Å². The van der Waals surface area contributed by atoms with E-state index in [0.717, 1.165) is 9.48 Å². The van der Waals surface area contributed by atoms with Gasteiger partial charge in [0.05, 0.1) is 20.7 Å². The summed E-state index contributed by atoms with van der Waals surface area (Å²) in [5.41, 5.74) is 0.886. The van der Waals surface area contributed by atoms with E-state index in [1.54, 1.807) is 23.0 Å². The SMILES string of the molecule is Cc1c(Cl)cnn1CCCNS(=O)(=O)c1ccc(Br)s1. The van der Waals surface area contributed by atoms with Crippen LogP contribution >= 0.6 is 38.9 Å². The lowest BCUT2D eigenvalue weighted by molar-refractivity contribution is 0.547. The van der Waals surface area contributed by atoms with Crippen molar-refractivity contribution in [3.05, 3.63) is 32.8 Å². The van der Waals surface area contributed by atoms with Gasteiger partial charge >= 0.3 is 0 Å². The highest BCUT2D eigenvalue weighted by Gasteiger charge is 2.15. The minimum atomic E-state index is -3.42. The second-order valence-corrected chi connectivity index (χ2v) is 8.97. The number of nitrogens with zero attached hydrogens (tertiary/aromatic N) is 2. The van der Waals surface area contributed by atoms with Crippen molar-refractivity contribution in [3.63, 3.8) is 0 Å². The fraction of sp³-hybridized carbons (Fsp3) is 0.364. The quantitative estimate of drug-likeness (QED) is 0.761. The molecule has 20 heavy (non-hydrogen) atoms. The Kier molecular flexibility index (Phi) is 5.25. The molecule has 0 fully saturated rings. The van der Waals surface area contributed by atoms with E-state index >= 15 is 0 Å². The Hall–Kier alpha value is -0.410. The van der Waals surface area contributed by atoms with Gasteiger partial charge in [0.25, 0.3) is 0 Å². The molecule has 0 aliphatic carbocycles. The zero-order chi connectivity index (χ0) is 14.8. The van der Waals surface area contributed by atoms with E-state index in [1.807, 2.05) is 6.92 Å². The molecule has 0 saturated carbocycles. The molecule has 0 aliphatic rings. The van der Waals surface area contributed by atoms with Crippen LogP contribution in [-0.4, -0.2) is 24.7 Å². The molecule has 0 aliphatic heterocycles. The molecule has 0 radical (unpaired) electrons. The highest BCUT2D eigenvalue weighted by Crippen LogP contribution is 2.25. The Morgan fingerprint density at radius 2 is 2.25 bits per heavy atom. The summed E-state index contributed by atoms with van der Waals surface area (Å²) in [5.74, 6) is 0. The van der Waals surface area contributed by atoms with E-state index in [1.165, 1.54) is 11.3 Å². The first-order chi connectivity index (χ1) is 9.40. The zero-order valence-corrected chi connectivity index (χ0v) is 14.6. The minimum Gasteiger partial charge on any atom is -0.268 e. The number of aryl methyl sites for hydroxylation is 1. The normalized spacial score (nSPS) is 11.9. The molecule has 2 aromatic rings. The average Bonchev–Trinajstić information content (AvgIpc) is 2.95. The predicted octanol–water partition coefficient (Wildman–Crippen LogP) is 3.04. The number of hydrogen-bond acceptors (Lipinski definition) is 4. The Balaban J connectivity index is 1.86. The number of thiophene rings is 1. The summed E-state index contributed by atoms with van der Waals surface area (Å²) in [5, 5.41) is 4.73. The van der Waals surface area contributed by atoms with Gasteiger partial charge in [0.2, 0.25) is 10.0 Å². The molecule has 9 heteroatoms.